The number of anilines is 1. The fraction of sp³-hybridized carbons (Fsp3) is 0.409. The van der Waals surface area contributed by atoms with Crippen LogP contribution in [0.25, 0.3) is 0 Å². The van der Waals surface area contributed by atoms with Crippen LogP contribution in [-0.2, 0) is 21.2 Å². The van der Waals surface area contributed by atoms with Crippen molar-refractivity contribution in [2.45, 2.75) is 46.1 Å². The Balaban J connectivity index is 2.12. The second-order valence-corrected chi connectivity index (χ2v) is 9.53. The van der Waals surface area contributed by atoms with Crippen molar-refractivity contribution in [3.05, 3.63) is 64.2 Å². The minimum absolute atomic E-state index is 0.294. The molecule has 0 fully saturated rings. The van der Waals surface area contributed by atoms with Crippen molar-refractivity contribution >= 4 is 33.2 Å². The van der Waals surface area contributed by atoms with Crippen LogP contribution < -0.4 is 9.62 Å². The maximum atomic E-state index is 12.9. The number of carbonyl (C=O) groups excluding carboxylic acids is 1. The number of aryl methyl sites for hydroxylation is 3. The van der Waals surface area contributed by atoms with Gasteiger partial charge in [-0.3, -0.25) is 9.10 Å². The molecule has 0 spiro atoms. The van der Waals surface area contributed by atoms with E-state index < -0.39 is 16.1 Å². The topological polar surface area (TPSA) is 66.5 Å². The maximum Gasteiger partial charge on any atom is 0.243 e. The molecule has 7 heteroatoms. The van der Waals surface area contributed by atoms with Gasteiger partial charge in [-0.2, -0.15) is 0 Å². The normalized spacial score (nSPS) is 12.4. The van der Waals surface area contributed by atoms with E-state index in [0.29, 0.717) is 30.1 Å². The number of hydrogen-bond donors (Lipinski definition) is 1. The van der Waals surface area contributed by atoms with E-state index in [1.165, 1.54) is 4.31 Å². The standard InChI is InChI=1S/C22H29ClN2O3S/c1-5-20(22(26)24-14-8-10-18-9-6-7-11-19(18)23)25(29(4,27)28)21-15-16(2)12-13-17(21)3/h6-7,9,11-13,15,20H,5,8,10,14H2,1-4H3,(H,24,26). The minimum atomic E-state index is -3.64. The number of amides is 1. The number of hydrogen-bond acceptors (Lipinski definition) is 3. The van der Waals surface area contributed by atoms with Crippen molar-refractivity contribution in [1.82, 2.24) is 5.32 Å². The molecule has 2 aromatic rings. The van der Waals surface area contributed by atoms with Gasteiger partial charge in [0.15, 0.2) is 0 Å². The van der Waals surface area contributed by atoms with Crippen LogP contribution in [0.3, 0.4) is 0 Å². The molecule has 1 amide bonds. The highest BCUT2D eigenvalue weighted by molar-refractivity contribution is 7.92. The Kier molecular flexibility index (Phi) is 8.11. The second-order valence-electron chi connectivity index (χ2n) is 7.26. The number of nitrogens with one attached hydrogen (secondary N) is 1. The Hall–Kier alpha value is -2.05. The first kappa shape index (κ1) is 23.2. The summed E-state index contributed by atoms with van der Waals surface area (Å²) in [5.41, 5.74) is 3.33. The zero-order valence-electron chi connectivity index (χ0n) is 17.4. The molecule has 0 aliphatic heterocycles. The van der Waals surface area contributed by atoms with E-state index in [4.69, 9.17) is 11.6 Å². The van der Waals surface area contributed by atoms with E-state index in [1.807, 2.05) is 63.2 Å². The molecule has 1 atom stereocenters. The first-order valence-corrected chi connectivity index (χ1v) is 12.0. The largest absolute Gasteiger partial charge is 0.354 e. The van der Waals surface area contributed by atoms with Gasteiger partial charge in [0.1, 0.15) is 6.04 Å². The molecule has 1 unspecified atom stereocenters. The summed E-state index contributed by atoms with van der Waals surface area (Å²) in [5.74, 6) is -0.294. The Bertz CT molecular complexity index is 960. The molecule has 5 nitrogen and oxygen atoms in total. The Morgan fingerprint density at radius 2 is 1.86 bits per heavy atom. The third kappa shape index (κ3) is 6.21. The van der Waals surface area contributed by atoms with Crippen LogP contribution in [0.1, 0.15) is 36.5 Å². The molecule has 0 aromatic heterocycles. The van der Waals surface area contributed by atoms with E-state index in [-0.39, 0.29) is 5.91 Å². The molecule has 2 rings (SSSR count). The molecule has 2 aromatic carbocycles. The van der Waals surface area contributed by atoms with Crippen molar-refractivity contribution in [2.24, 2.45) is 0 Å². The van der Waals surface area contributed by atoms with Gasteiger partial charge in [-0.15, -0.1) is 0 Å². The molecule has 0 heterocycles. The molecule has 1 N–H and O–H groups in total. The van der Waals surface area contributed by atoms with Crippen LogP contribution in [0.15, 0.2) is 42.5 Å². The first-order valence-electron chi connectivity index (χ1n) is 9.73. The molecule has 0 saturated carbocycles. The summed E-state index contributed by atoms with van der Waals surface area (Å²) < 4.78 is 26.4. The number of benzene rings is 2. The Morgan fingerprint density at radius 3 is 2.48 bits per heavy atom. The van der Waals surface area contributed by atoms with Crippen molar-refractivity contribution in [2.75, 3.05) is 17.1 Å². The minimum Gasteiger partial charge on any atom is -0.354 e. The van der Waals surface area contributed by atoms with Gasteiger partial charge in [0, 0.05) is 11.6 Å². The SMILES string of the molecule is CCC(C(=O)NCCCc1ccccc1Cl)N(c1cc(C)ccc1C)S(C)(=O)=O. The van der Waals surface area contributed by atoms with Crippen molar-refractivity contribution in [1.29, 1.82) is 0 Å². The monoisotopic (exact) mass is 436 g/mol. The van der Waals surface area contributed by atoms with Gasteiger partial charge in [-0.25, -0.2) is 8.42 Å². The summed E-state index contributed by atoms with van der Waals surface area (Å²) in [5, 5.41) is 3.60. The summed E-state index contributed by atoms with van der Waals surface area (Å²) >= 11 is 6.17. The summed E-state index contributed by atoms with van der Waals surface area (Å²) in [6.07, 6.45) is 2.97. The summed E-state index contributed by atoms with van der Waals surface area (Å²) in [4.78, 5) is 12.9. The highest BCUT2D eigenvalue weighted by atomic mass is 35.5. The fourth-order valence-electron chi connectivity index (χ4n) is 3.30. The van der Waals surface area contributed by atoms with Gasteiger partial charge >= 0.3 is 0 Å². The van der Waals surface area contributed by atoms with Crippen LogP contribution in [0.4, 0.5) is 5.69 Å². The third-order valence-electron chi connectivity index (χ3n) is 4.81. The Labute approximate surface area is 179 Å². The van der Waals surface area contributed by atoms with Crippen molar-refractivity contribution in [3.8, 4) is 0 Å². The van der Waals surface area contributed by atoms with Crippen molar-refractivity contribution < 1.29 is 13.2 Å². The smallest absolute Gasteiger partial charge is 0.243 e. The Morgan fingerprint density at radius 1 is 1.17 bits per heavy atom. The molecule has 29 heavy (non-hydrogen) atoms. The maximum absolute atomic E-state index is 12.9. The predicted molar refractivity (Wildman–Crippen MR) is 120 cm³/mol. The summed E-state index contributed by atoms with van der Waals surface area (Å²) in [7, 11) is -3.64. The van der Waals surface area contributed by atoms with E-state index >= 15 is 0 Å². The van der Waals surface area contributed by atoms with E-state index in [2.05, 4.69) is 5.32 Å². The van der Waals surface area contributed by atoms with Gasteiger partial charge in [0.25, 0.3) is 0 Å². The number of carbonyl (C=O) groups is 1. The second kappa shape index (κ2) is 10.1. The van der Waals surface area contributed by atoms with Crippen molar-refractivity contribution in [3.63, 3.8) is 0 Å². The zero-order valence-corrected chi connectivity index (χ0v) is 19.0. The third-order valence-corrected chi connectivity index (χ3v) is 6.35. The number of halogens is 1. The average Bonchev–Trinajstić information content (AvgIpc) is 2.65. The van der Waals surface area contributed by atoms with Gasteiger partial charge in [-0.1, -0.05) is 48.9 Å². The van der Waals surface area contributed by atoms with Gasteiger partial charge < -0.3 is 5.32 Å². The molecule has 0 bridgehead atoms. The molecular formula is C22H29ClN2O3S. The molecular weight excluding hydrogens is 408 g/mol. The van der Waals surface area contributed by atoms with Crippen LogP contribution in [-0.4, -0.2) is 33.2 Å². The fourth-order valence-corrected chi connectivity index (χ4v) is 4.79. The quantitative estimate of drug-likeness (QED) is 0.597. The first-order chi connectivity index (χ1) is 13.6. The van der Waals surface area contributed by atoms with Gasteiger partial charge in [0.2, 0.25) is 15.9 Å². The highest BCUT2D eigenvalue weighted by Crippen LogP contribution is 2.27. The highest BCUT2D eigenvalue weighted by Gasteiger charge is 2.32. The van der Waals surface area contributed by atoms with Gasteiger partial charge in [-0.05, 0) is 61.9 Å². The number of sulfonamides is 1. The molecule has 0 aliphatic rings. The lowest BCUT2D eigenvalue weighted by Crippen LogP contribution is -2.49. The molecule has 158 valence electrons. The lowest BCUT2D eigenvalue weighted by atomic mass is 10.1. The van der Waals surface area contributed by atoms with Crippen LogP contribution >= 0.6 is 11.6 Å². The lowest BCUT2D eigenvalue weighted by molar-refractivity contribution is -0.122. The molecule has 0 saturated heterocycles. The molecule has 0 aliphatic carbocycles. The van der Waals surface area contributed by atoms with Crippen LogP contribution in [0.5, 0.6) is 0 Å². The lowest BCUT2D eigenvalue weighted by Gasteiger charge is -2.31. The van der Waals surface area contributed by atoms with E-state index in [0.717, 1.165) is 29.4 Å². The number of rotatable bonds is 9. The van der Waals surface area contributed by atoms with Crippen LogP contribution in [0.2, 0.25) is 5.02 Å². The van der Waals surface area contributed by atoms with E-state index in [9.17, 15) is 13.2 Å². The summed E-state index contributed by atoms with van der Waals surface area (Å²) in [6, 6.07) is 12.4. The summed E-state index contributed by atoms with van der Waals surface area (Å²) in [6.45, 7) is 6.02. The average molecular weight is 437 g/mol. The zero-order chi connectivity index (χ0) is 21.6. The van der Waals surface area contributed by atoms with Crippen LogP contribution in [0, 0.1) is 13.8 Å². The van der Waals surface area contributed by atoms with E-state index in [1.54, 1.807) is 0 Å². The predicted octanol–water partition coefficient (Wildman–Crippen LogP) is 4.25. The van der Waals surface area contributed by atoms with Gasteiger partial charge in [0.05, 0.1) is 11.9 Å². The molecule has 0 radical (unpaired) electrons. The number of nitrogens with zero attached hydrogens (tertiary/aromatic N) is 1.